The van der Waals surface area contributed by atoms with Crippen LogP contribution in [0.5, 0.6) is 5.75 Å². The number of alkyl halides is 1. The second-order valence-electron chi connectivity index (χ2n) is 4.51. The molecule has 0 atom stereocenters. The molecule has 5 nitrogen and oxygen atoms in total. The van der Waals surface area contributed by atoms with Gasteiger partial charge >= 0.3 is 5.97 Å². The average Bonchev–Trinajstić information content (AvgIpc) is 2.59. The summed E-state index contributed by atoms with van der Waals surface area (Å²) in [7, 11) is 0. The van der Waals surface area contributed by atoms with E-state index in [4.69, 9.17) is 33.7 Å². The van der Waals surface area contributed by atoms with Crippen molar-refractivity contribution in [2.45, 2.75) is 6.61 Å². The number of benzene rings is 2. The molecule has 0 radical (unpaired) electrons. The molecule has 7 heteroatoms. The van der Waals surface area contributed by atoms with Crippen molar-refractivity contribution in [2.24, 2.45) is 10.9 Å². The summed E-state index contributed by atoms with van der Waals surface area (Å²) in [6.07, 6.45) is 0. The highest BCUT2D eigenvalue weighted by atomic mass is 35.5. The minimum Gasteiger partial charge on any atom is -0.489 e. The number of halogens is 2. The number of oxime groups is 1. The van der Waals surface area contributed by atoms with Crippen molar-refractivity contribution >= 4 is 35.0 Å². The Labute approximate surface area is 143 Å². The Hall–Kier alpha value is -2.24. The van der Waals surface area contributed by atoms with Gasteiger partial charge in [0.15, 0.2) is 5.84 Å². The summed E-state index contributed by atoms with van der Waals surface area (Å²) < 4.78 is 5.66. The van der Waals surface area contributed by atoms with E-state index in [-0.39, 0.29) is 11.7 Å². The van der Waals surface area contributed by atoms with Crippen LogP contribution in [0.3, 0.4) is 0 Å². The minimum absolute atomic E-state index is 0.0766. The molecule has 0 amide bonds. The van der Waals surface area contributed by atoms with Crippen LogP contribution in [0.1, 0.15) is 11.1 Å². The van der Waals surface area contributed by atoms with Gasteiger partial charge in [-0.25, -0.2) is 4.79 Å². The SMILES string of the molecule is N/C(=N\OC(=O)CCl)c1ccc(OCc2ccc(Cl)cc2)cc1. The first-order valence-corrected chi connectivity index (χ1v) is 7.56. The van der Waals surface area contributed by atoms with Crippen LogP contribution in [-0.2, 0) is 16.2 Å². The number of carbonyl (C=O) groups excluding carboxylic acids is 1. The topological polar surface area (TPSA) is 73.9 Å². The van der Waals surface area contributed by atoms with Gasteiger partial charge in [-0.2, -0.15) is 0 Å². The van der Waals surface area contributed by atoms with Crippen molar-refractivity contribution in [1.82, 2.24) is 0 Å². The van der Waals surface area contributed by atoms with E-state index < -0.39 is 5.97 Å². The Morgan fingerprint density at radius 3 is 2.35 bits per heavy atom. The molecular weight excluding hydrogens is 339 g/mol. The molecule has 0 aliphatic heterocycles. The fourth-order valence-electron chi connectivity index (χ4n) is 1.65. The highest BCUT2D eigenvalue weighted by molar-refractivity contribution is 6.30. The van der Waals surface area contributed by atoms with E-state index in [9.17, 15) is 4.79 Å². The van der Waals surface area contributed by atoms with Crippen LogP contribution in [0.15, 0.2) is 53.7 Å². The molecule has 0 spiro atoms. The maximum absolute atomic E-state index is 10.9. The number of rotatable bonds is 6. The Kier molecular flexibility index (Phi) is 6.26. The predicted octanol–water partition coefficient (Wildman–Crippen LogP) is 3.32. The molecule has 0 saturated carbocycles. The van der Waals surface area contributed by atoms with Gasteiger partial charge in [-0.15, -0.1) is 11.6 Å². The second kappa shape index (κ2) is 8.41. The zero-order chi connectivity index (χ0) is 16.7. The maximum atomic E-state index is 10.9. The largest absolute Gasteiger partial charge is 0.489 e. The van der Waals surface area contributed by atoms with E-state index >= 15 is 0 Å². The van der Waals surface area contributed by atoms with E-state index in [1.165, 1.54) is 0 Å². The molecule has 2 rings (SSSR count). The van der Waals surface area contributed by atoms with E-state index in [1.807, 2.05) is 24.3 Å². The number of carbonyl (C=O) groups is 1. The number of amidine groups is 1. The van der Waals surface area contributed by atoms with Crippen LogP contribution < -0.4 is 10.5 Å². The average molecular weight is 353 g/mol. The van der Waals surface area contributed by atoms with E-state index in [2.05, 4.69) is 9.99 Å². The molecule has 2 N–H and O–H groups in total. The standard InChI is InChI=1S/C16H14Cl2N2O3/c17-9-15(21)23-20-16(19)12-3-7-14(8-4-12)22-10-11-1-5-13(18)6-2-11/h1-8H,9-10H2,(H2,19,20). The molecule has 0 fully saturated rings. The number of ether oxygens (including phenoxy) is 1. The minimum atomic E-state index is -0.669. The molecule has 0 bridgehead atoms. The Bertz CT molecular complexity index is 685. The Morgan fingerprint density at radius 2 is 1.74 bits per heavy atom. The smallest absolute Gasteiger partial charge is 0.349 e. The molecule has 2 aromatic carbocycles. The summed E-state index contributed by atoms with van der Waals surface area (Å²) in [5.74, 6) is -0.201. The van der Waals surface area contributed by atoms with E-state index in [0.29, 0.717) is 22.9 Å². The molecule has 0 saturated heterocycles. The zero-order valence-corrected chi connectivity index (χ0v) is 13.6. The lowest BCUT2D eigenvalue weighted by molar-refractivity contribution is -0.140. The second-order valence-corrected chi connectivity index (χ2v) is 5.22. The number of hydrogen-bond acceptors (Lipinski definition) is 4. The maximum Gasteiger partial charge on any atom is 0.349 e. The van der Waals surface area contributed by atoms with Gasteiger partial charge in [0.05, 0.1) is 0 Å². The lowest BCUT2D eigenvalue weighted by atomic mass is 10.2. The van der Waals surface area contributed by atoms with Crippen LogP contribution in [-0.4, -0.2) is 17.7 Å². The van der Waals surface area contributed by atoms with Crippen LogP contribution in [0.25, 0.3) is 0 Å². The van der Waals surface area contributed by atoms with Gasteiger partial charge < -0.3 is 15.3 Å². The first-order chi connectivity index (χ1) is 11.1. The first kappa shape index (κ1) is 17.1. The lowest BCUT2D eigenvalue weighted by Gasteiger charge is -2.07. The number of nitrogens with two attached hydrogens (primary N) is 1. The van der Waals surface area contributed by atoms with Gasteiger partial charge in [0.1, 0.15) is 18.2 Å². The third-order valence-corrected chi connectivity index (χ3v) is 3.29. The van der Waals surface area contributed by atoms with Crippen LogP contribution >= 0.6 is 23.2 Å². The van der Waals surface area contributed by atoms with Crippen molar-refractivity contribution in [3.63, 3.8) is 0 Å². The summed E-state index contributed by atoms with van der Waals surface area (Å²) in [4.78, 5) is 15.4. The lowest BCUT2D eigenvalue weighted by Crippen LogP contribution is -2.15. The monoisotopic (exact) mass is 352 g/mol. The molecule has 0 heterocycles. The molecule has 0 aromatic heterocycles. The summed E-state index contributed by atoms with van der Waals surface area (Å²) in [6, 6.07) is 14.3. The molecule has 2 aromatic rings. The van der Waals surface area contributed by atoms with Gasteiger partial charge in [0.25, 0.3) is 0 Å². The van der Waals surface area contributed by atoms with Gasteiger partial charge in [-0.3, -0.25) is 0 Å². The molecular formula is C16H14Cl2N2O3. The van der Waals surface area contributed by atoms with Crippen LogP contribution in [0.4, 0.5) is 0 Å². The van der Waals surface area contributed by atoms with Gasteiger partial charge in [0, 0.05) is 10.6 Å². The molecule has 120 valence electrons. The summed E-state index contributed by atoms with van der Waals surface area (Å²) >= 11 is 11.1. The molecule has 0 aliphatic carbocycles. The highest BCUT2D eigenvalue weighted by Crippen LogP contribution is 2.15. The molecule has 23 heavy (non-hydrogen) atoms. The van der Waals surface area contributed by atoms with E-state index in [1.54, 1.807) is 24.3 Å². The Balaban J connectivity index is 1.93. The summed E-state index contributed by atoms with van der Waals surface area (Å²) in [5.41, 5.74) is 7.31. The third-order valence-electron chi connectivity index (χ3n) is 2.82. The highest BCUT2D eigenvalue weighted by Gasteiger charge is 2.03. The van der Waals surface area contributed by atoms with Gasteiger partial charge in [0.2, 0.25) is 0 Å². The normalized spacial score (nSPS) is 11.1. The number of nitrogens with zero attached hydrogens (tertiary/aromatic N) is 1. The predicted molar refractivity (Wildman–Crippen MR) is 89.8 cm³/mol. The molecule has 0 unspecified atom stereocenters. The Morgan fingerprint density at radius 1 is 1.09 bits per heavy atom. The van der Waals surface area contributed by atoms with Crippen molar-refractivity contribution in [1.29, 1.82) is 0 Å². The quantitative estimate of drug-likeness (QED) is 0.284. The number of hydrogen-bond donors (Lipinski definition) is 1. The van der Waals surface area contributed by atoms with Crippen LogP contribution in [0.2, 0.25) is 5.02 Å². The van der Waals surface area contributed by atoms with E-state index in [0.717, 1.165) is 5.56 Å². The zero-order valence-electron chi connectivity index (χ0n) is 12.0. The van der Waals surface area contributed by atoms with Crippen molar-refractivity contribution in [3.8, 4) is 5.75 Å². The fourth-order valence-corrected chi connectivity index (χ4v) is 1.82. The fraction of sp³-hybridized carbons (Fsp3) is 0.125. The van der Waals surface area contributed by atoms with Crippen molar-refractivity contribution in [3.05, 3.63) is 64.7 Å². The van der Waals surface area contributed by atoms with Gasteiger partial charge in [-0.05, 0) is 42.0 Å². The van der Waals surface area contributed by atoms with Crippen molar-refractivity contribution < 1.29 is 14.4 Å². The summed E-state index contributed by atoms with van der Waals surface area (Å²) in [6.45, 7) is 0.424. The molecule has 0 aliphatic rings. The summed E-state index contributed by atoms with van der Waals surface area (Å²) in [5, 5.41) is 4.19. The van der Waals surface area contributed by atoms with Crippen LogP contribution in [0, 0.1) is 0 Å². The van der Waals surface area contributed by atoms with Gasteiger partial charge in [-0.1, -0.05) is 28.9 Å². The first-order valence-electron chi connectivity index (χ1n) is 6.65. The third kappa shape index (κ3) is 5.47. The van der Waals surface area contributed by atoms with Crippen molar-refractivity contribution in [2.75, 3.05) is 5.88 Å².